The molecule has 0 aliphatic carbocycles. The minimum atomic E-state index is -1.02. The van der Waals surface area contributed by atoms with Gasteiger partial charge in [0.1, 0.15) is 11.9 Å². The number of hydrogen-bond donors (Lipinski definition) is 2. The summed E-state index contributed by atoms with van der Waals surface area (Å²) < 4.78 is 12.9. The Kier molecular flexibility index (Phi) is 3.89. The number of aryl methyl sites for hydroxylation is 1. The molecule has 1 rings (SSSR count). The lowest BCUT2D eigenvalue weighted by atomic mass is 10.0. The first-order valence-corrected chi connectivity index (χ1v) is 4.72. The fourth-order valence-corrected chi connectivity index (χ4v) is 1.32. The molecule has 0 fully saturated rings. The summed E-state index contributed by atoms with van der Waals surface area (Å²) in [6.45, 7) is 1.54. The van der Waals surface area contributed by atoms with E-state index in [4.69, 9.17) is 5.11 Å². The number of aliphatic hydroxyl groups is 1. The van der Waals surface area contributed by atoms with E-state index in [9.17, 15) is 9.50 Å². The summed E-state index contributed by atoms with van der Waals surface area (Å²) in [5, 5.41) is 18.1. The lowest BCUT2D eigenvalue weighted by molar-refractivity contribution is 0.288. The number of aliphatic hydroxyl groups excluding tert-OH is 1. The lowest BCUT2D eigenvalue weighted by Crippen LogP contribution is -1.93. The van der Waals surface area contributed by atoms with Crippen molar-refractivity contribution in [2.24, 2.45) is 0 Å². The van der Waals surface area contributed by atoms with E-state index < -0.39 is 6.17 Å². The van der Waals surface area contributed by atoms with E-state index in [0.717, 1.165) is 0 Å². The average Bonchev–Trinajstić information content (AvgIpc) is 2.16. The maximum absolute atomic E-state index is 12.9. The molecule has 1 unspecified atom stereocenters. The molecule has 1 aromatic carbocycles. The van der Waals surface area contributed by atoms with Crippen molar-refractivity contribution in [3.8, 4) is 5.75 Å². The number of halogens is 1. The Balaban J connectivity index is 2.85. The van der Waals surface area contributed by atoms with Gasteiger partial charge in [-0.15, -0.1) is 0 Å². The van der Waals surface area contributed by atoms with Crippen molar-refractivity contribution in [1.82, 2.24) is 0 Å². The van der Waals surface area contributed by atoms with Crippen LogP contribution in [0.4, 0.5) is 4.39 Å². The number of rotatable bonds is 4. The van der Waals surface area contributed by atoms with Crippen LogP contribution in [0.1, 0.15) is 30.6 Å². The topological polar surface area (TPSA) is 40.5 Å². The average molecular weight is 198 g/mol. The van der Waals surface area contributed by atoms with Gasteiger partial charge in [0.25, 0.3) is 0 Å². The third kappa shape index (κ3) is 2.70. The Morgan fingerprint density at radius 2 is 2.14 bits per heavy atom. The molecule has 0 amide bonds. The lowest BCUT2D eigenvalue weighted by Gasteiger charge is -2.07. The zero-order valence-corrected chi connectivity index (χ0v) is 8.20. The predicted molar refractivity (Wildman–Crippen MR) is 53.0 cm³/mol. The first-order valence-electron chi connectivity index (χ1n) is 4.72. The van der Waals surface area contributed by atoms with Gasteiger partial charge in [0.05, 0.1) is 0 Å². The maximum Gasteiger partial charge on any atom is 0.122 e. The van der Waals surface area contributed by atoms with Crippen LogP contribution in [0.15, 0.2) is 18.2 Å². The molecule has 0 radical (unpaired) electrons. The molecule has 0 saturated carbocycles. The van der Waals surface area contributed by atoms with Gasteiger partial charge < -0.3 is 10.2 Å². The zero-order chi connectivity index (χ0) is 10.6. The maximum atomic E-state index is 12.9. The minimum Gasteiger partial charge on any atom is -0.508 e. The Morgan fingerprint density at radius 1 is 1.43 bits per heavy atom. The van der Waals surface area contributed by atoms with Gasteiger partial charge in [0, 0.05) is 6.61 Å². The van der Waals surface area contributed by atoms with Crippen LogP contribution >= 0.6 is 0 Å². The van der Waals surface area contributed by atoms with E-state index in [1.807, 2.05) is 0 Å². The predicted octanol–water partition coefficient (Wildman–Crippen LogP) is 2.35. The normalized spacial score (nSPS) is 12.8. The molecule has 0 spiro atoms. The molecule has 78 valence electrons. The number of phenolic OH excluding ortho intramolecular Hbond substituents is 1. The van der Waals surface area contributed by atoms with Crippen LogP contribution in [0.3, 0.4) is 0 Å². The monoisotopic (exact) mass is 198 g/mol. The van der Waals surface area contributed by atoms with Crippen LogP contribution < -0.4 is 0 Å². The van der Waals surface area contributed by atoms with Crippen LogP contribution in [-0.2, 0) is 6.42 Å². The van der Waals surface area contributed by atoms with E-state index in [2.05, 4.69) is 0 Å². The van der Waals surface area contributed by atoms with Gasteiger partial charge in [-0.25, -0.2) is 4.39 Å². The van der Waals surface area contributed by atoms with E-state index in [1.165, 1.54) is 13.0 Å². The van der Waals surface area contributed by atoms with Crippen LogP contribution in [0.5, 0.6) is 5.75 Å². The van der Waals surface area contributed by atoms with Gasteiger partial charge in [0.15, 0.2) is 0 Å². The van der Waals surface area contributed by atoms with Gasteiger partial charge in [0.2, 0.25) is 0 Å². The summed E-state index contributed by atoms with van der Waals surface area (Å²) in [5.74, 6) is 0.169. The van der Waals surface area contributed by atoms with Crippen molar-refractivity contribution in [2.45, 2.75) is 25.9 Å². The van der Waals surface area contributed by atoms with E-state index >= 15 is 0 Å². The van der Waals surface area contributed by atoms with Gasteiger partial charge in [-0.1, -0.05) is 6.07 Å². The Hall–Kier alpha value is -1.09. The smallest absolute Gasteiger partial charge is 0.122 e. The van der Waals surface area contributed by atoms with Crippen molar-refractivity contribution in [2.75, 3.05) is 6.61 Å². The summed E-state index contributed by atoms with van der Waals surface area (Å²) in [4.78, 5) is 0. The molecule has 0 aliphatic heterocycles. The van der Waals surface area contributed by atoms with Crippen LogP contribution in [0.25, 0.3) is 0 Å². The number of phenols is 1. The van der Waals surface area contributed by atoms with Gasteiger partial charge in [-0.05, 0) is 43.0 Å². The van der Waals surface area contributed by atoms with Crippen LogP contribution in [0.2, 0.25) is 0 Å². The van der Waals surface area contributed by atoms with Gasteiger partial charge >= 0.3 is 0 Å². The van der Waals surface area contributed by atoms with Gasteiger partial charge in [-0.2, -0.15) is 0 Å². The molecule has 0 aliphatic rings. The number of benzene rings is 1. The minimum absolute atomic E-state index is 0.0782. The van der Waals surface area contributed by atoms with Crippen molar-refractivity contribution in [3.63, 3.8) is 0 Å². The molecule has 14 heavy (non-hydrogen) atoms. The van der Waals surface area contributed by atoms with Crippen LogP contribution in [0, 0.1) is 0 Å². The summed E-state index contributed by atoms with van der Waals surface area (Å²) in [6, 6.07) is 4.72. The van der Waals surface area contributed by atoms with E-state index in [0.29, 0.717) is 24.0 Å². The largest absolute Gasteiger partial charge is 0.508 e. The quantitative estimate of drug-likeness (QED) is 0.779. The van der Waals surface area contributed by atoms with Gasteiger partial charge in [-0.3, -0.25) is 0 Å². The van der Waals surface area contributed by atoms with Crippen molar-refractivity contribution in [3.05, 3.63) is 29.3 Å². The molecule has 1 atom stereocenters. The molecule has 2 nitrogen and oxygen atoms in total. The summed E-state index contributed by atoms with van der Waals surface area (Å²) in [6.07, 6.45) is 0.129. The second kappa shape index (κ2) is 4.96. The van der Waals surface area contributed by atoms with Crippen molar-refractivity contribution >= 4 is 0 Å². The molecule has 0 saturated heterocycles. The molecular weight excluding hydrogens is 183 g/mol. The van der Waals surface area contributed by atoms with E-state index in [-0.39, 0.29) is 12.4 Å². The molecule has 0 bridgehead atoms. The molecule has 0 aromatic heterocycles. The highest BCUT2D eigenvalue weighted by Crippen LogP contribution is 2.24. The molecule has 1 aromatic rings. The SMILES string of the molecule is CC(F)c1ccc(O)c(CCCO)c1. The molecule has 0 heterocycles. The van der Waals surface area contributed by atoms with Crippen molar-refractivity contribution in [1.29, 1.82) is 0 Å². The third-order valence-electron chi connectivity index (χ3n) is 2.17. The van der Waals surface area contributed by atoms with Crippen molar-refractivity contribution < 1.29 is 14.6 Å². The summed E-state index contributed by atoms with van der Waals surface area (Å²) in [5.41, 5.74) is 1.26. The highest BCUT2D eigenvalue weighted by Gasteiger charge is 2.07. The molecule has 3 heteroatoms. The first-order chi connectivity index (χ1) is 6.65. The highest BCUT2D eigenvalue weighted by atomic mass is 19.1. The zero-order valence-electron chi connectivity index (χ0n) is 8.20. The first kappa shape index (κ1) is 11.0. The Morgan fingerprint density at radius 3 is 2.71 bits per heavy atom. The number of alkyl halides is 1. The molecular formula is C11H15FO2. The fraction of sp³-hybridized carbons (Fsp3) is 0.455. The summed E-state index contributed by atoms with van der Waals surface area (Å²) >= 11 is 0. The van der Waals surface area contributed by atoms with E-state index in [1.54, 1.807) is 12.1 Å². The summed E-state index contributed by atoms with van der Waals surface area (Å²) in [7, 11) is 0. The Labute approximate surface area is 83.0 Å². The highest BCUT2D eigenvalue weighted by molar-refractivity contribution is 5.37. The second-order valence-electron chi connectivity index (χ2n) is 3.33. The third-order valence-corrected chi connectivity index (χ3v) is 2.17. The molecule has 2 N–H and O–H groups in total. The Bertz CT molecular complexity index is 297. The fourth-order valence-electron chi connectivity index (χ4n) is 1.32. The van der Waals surface area contributed by atoms with Crippen LogP contribution in [-0.4, -0.2) is 16.8 Å². The number of hydrogen-bond acceptors (Lipinski definition) is 2. The number of aromatic hydroxyl groups is 1. The second-order valence-corrected chi connectivity index (χ2v) is 3.33. The standard InChI is InChI=1S/C11H15FO2/c1-8(12)9-4-5-11(14)10(7-9)3-2-6-13/h4-5,7-8,13-14H,2-3,6H2,1H3.